The zero-order valence-corrected chi connectivity index (χ0v) is 22.6. The molecule has 0 saturated carbocycles. The topological polar surface area (TPSA) is 65.0 Å². The van der Waals surface area contributed by atoms with Crippen LogP contribution in [0.3, 0.4) is 0 Å². The normalized spacial score (nSPS) is 19.5. The maximum absolute atomic E-state index is 12.4. The van der Waals surface area contributed by atoms with Crippen molar-refractivity contribution in [2.24, 2.45) is 29.6 Å². The number of aliphatic hydroxyl groups excluding tert-OH is 1. The third kappa shape index (κ3) is 10.4. The van der Waals surface area contributed by atoms with Crippen molar-refractivity contribution in [3.8, 4) is 0 Å². The Morgan fingerprint density at radius 2 is 1.57 bits per heavy atom. The Hall–Kier alpha value is -0.180. The molecule has 0 aliphatic heterocycles. The van der Waals surface area contributed by atoms with E-state index in [1.165, 1.54) is 0 Å². The number of halogens is 1. The van der Waals surface area contributed by atoms with Crippen LogP contribution in [0.15, 0.2) is 10.2 Å². The van der Waals surface area contributed by atoms with E-state index < -0.39 is 0 Å². The average molecular weight is 541 g/mol. The predicted molar refractivity (Wildman–Crippen MR) is 132 cm³/mol. The summed E-state index contributed by atoms with van der Waals surface area (Å²) >= 11 is 2.22. The quantitative estimate of drug-likeness (QED) is 0.216. The van der Waals surface area contributed by atoms with E-state index in [-0.39, 0.29) is 60.0 Å². The molecule has 1 N–H and O–H groups in total. The van der Waals surface area contributed by atoms with Crippen molar-refractivity contribution in [2.75, 3.05) is 14.2 Å². The van der Waals surface area contributed by atoms with Gasteiger partial charge in [-0.1, -0.05) is 77.1 Å². The number of esters is 1. The molecule has 0 radical (unpaired) electrons. The van der Waals surface area contributed by atoms with Crippen LogP contribution >= 0.6 is 22.6 Å². The SMILES string of the molecule is CO[C@@H]([C@@H](C)[C@@H](CC[C@H](C)[C@H](C[C@H](O)C(C)C)OC)OC(=O)C(C)C)[C@H](C)/C=C/I. The molecule has 0 amide bonds. The second-order valence-electron chi connectivity index (χ2n) is 9.24. The minimum absolute atomic E-state index is 0.0294. The van der Waals surface area contributed by atoms with Crippen LogP contribution in [0.4, 0.5) is 0 Å². The Kier molecular flexibility index (Phi) is 15.5. The maximum Gasteiger partial charge on any atom is 0.308 e. The lowest BCUT2D eigenvalue weighted by Gasteiger charge is -2.34. The van der Waals surface area contributed by atoms with Crippen molar-refractivity contribution >= 4 is 28.6 Å². The smallest absolute Gasteiger partial charge is 0.308 e. The number of rotatable bonds is 15. The van der Waals surface area contributed by atoms with Crippen LogP contribution in [0, 0.1) is 29.6 Å². The summed E-state index contributed by atoms with van der Waals surface area (Å²) in [7, 11) is 3.42. The van der Waals surface area contributed by atoms with Crippen LogP contribution in [-0.4, -0.2) is 49.7 Å². The fourth-order valence-corrected chi connectivity index (χ4v) is 4.40. The second kappa shape index (κ2) is 15.6. The maximum atomic E-state index is 12.4. The van der Waals surface area contributed by atoms with Gasteiger partial charge in [-0.15, -0.1) is 0 Å². The van der Waals surface area contributed by atoms with Crippen molar-refractivity contribution in [1.29, 1.82) is 0 Å². The van der Waals surface area contributed by atoms with Gasteiger partial charge in [-0.2, -0.15) is 0 Å². The molecule has 0 spiro atoms. The Morgan fingerprint density at radius 3 is 2.00 bits per heavy atom. The molecule has 0 bridgehead atoms. The summed E-state index contributed by atoms with van der Waals surface area (Å²) in [6, 6.07) is 0. The van der Waals surface area contributed by atoms with Crippen LogP contribution in [0.2, 0.25) is 0 Å². The Bertz CT molecular complexity index is 494. The number of carbonyl (C=O) groups is 1. The van der Waals surface area contributed by atoms with E-state index in [2.05, 4.69) is 49.4 Å². The van der Waals surface area contributed by atoms with Crippen LogP contribution in [0.25, 0.3) is 0 Å². The third-order valence-corrected chi connectivity index (χ3v) is 6.51. The number of carbonyl (C=O) groups excluding carboxylic acids is 1. The van der Waals surface area contributed by atoms with E-state index in [1.54, 1.807) is 14.2 Å². The number of ether oxygens (including phenoxy) is 3. The van der Waals surface area contributed by atoms with Gasteiger partial charge in [-0.25, -0.2) is 0 Å². The highest BCUT2D eigenvalue weighted by molar-refractivity contribution is 14.1. The predicted octanol–water partition coefficient (Wildman–Crippen LogP) is 5.63. The van der Waals surface area contributed by atoms with Crippen molar-refractivity contribution in [2.45, 2.75) is 92.1 Å². The molecular weight excluding hydrogens is 495 g/mol. The molecule has 0 saturated heterocycles. The fourth-order valence-electron chi connectivity index (χ4n) is 3.74. The lowest BCUT2D eigenvalue weighted by molar-refractivity contribution is -0.159. The molecule has 7 atom stereocenters. The summed E-state index contributed by atoms with van der Waals surface area (Å²) in [5.41, 5.74) is 0. The molecule has 0 aromatic rings. The van der Waals surface area contributed by atoms with Crippen LogP contribution in [-0.2, 0) is 19.0 Å². The van der Waals surface area contributed by atoms with E-state index in [4.69, 9.17) is 14.2 Å². The molecule has 6 heteroatoms. The fraction of sp³-hybridized carbons (Fsp3) is 0.875. The molecular formula is C24H45IO5. The summed E-state index contributed by atoms with van der Waals surface area (Å²) < 4.78 is 19.4. The monoisotopic (exact) mass is 540 g/mol. The second-order valence-corrected chi connectivity index (χ2v) is 9.96. The summed E-state index contributed by atoms with van der Waals surface area (Å²) in [6.45, 7) is 14.1. The summed E-state index contributed by atoms with van der Waals surface area (Å²) in [5, 5.41) is 10.3. The third-order valence-electron chi connectivity index (χ3n) is 6.10. The molecule has 178 valence electrons. The van der Waals surface area contributed by atoms with Gasteiger partial charge in [-0.05, 0) is 35.2 Å². The summed E-state index contributed by atoms with van der Waals surface area (Å²) in [5.74, 6) is 0.359. The van der Waals surface area contributed by atoms with Crippen LogP contribution in [0.5, 0.6) is 0 Å². The van der Waals surface area contributed by atoms with Crippen LogP contribution in [0.1, 0.15) is 67.7 Å². The van der Waals surface area contributed by atoms with Gasteiger partial charge in [0, 0.05) is 26.1 Å². The molecule has 0 aliphatic carbocycles. The van der Waals surface area contributed by atoms with Crippen molar-refractivity contribution in [3.05, 3.63) is 10.2 Å². The molecule has 0 fully saturated rings. The molecule has 0 aromatic carbocycles. The number of hydrogen-bond donors (Lipinski definition) is 1. The number of hydrogen-bond acceptors (Lipinski definition) is 5. The first kappa shape index (κ1) is 29.8. The standard InChI is InChI=1S/C24H45IO5/c1-15(2)20(26)14-22(28-8)17(5)10-11-21(30-24(27)16(3)4)19(7)23(29-9)18(6)12-13-25/h12-13,15-23,26H,10-11,14H2,1-9H3/b13-12+/t17-,18+,19-,20-,21+,22-,23+/m0/s1. The highest BCUT2D eigenvalue weighted by atomic mass is 127. The molecule has 0 aromatic heterocycles. The molecule has 5 nitrogen and oxygen atoms in total. The lowest BCUT2D eigenvalue weighted by atomic mass is 9.84. The van der Waals surface area contributed by atoms with Crippen molar-refractivity contribution in [3.63, 3.8) is 0 Å². The Balaban J connectivity index is 5.31. The first-order valence-electron chi connectivity index (χ1n) is 11.2. The van der Waals surface area contributed by atoms with Gasteiger partial charge in [-0.3, -0.25) is 4.79 Å². The van der Waals surface area contributed by atoms with E-state index in [9.17, 15) is 9.90 Å². The van der Waals surface area contributed by atoms with Gasteiger partial charge in [0.25, 0.3) is 0 Å². The lowest BCUT2D eigenvalue weighted by Crippen LogP contribution is -2.39. The van der Waals surface area contributed by atoms with Gasteiger partial charge >= 0.3 is 5.97 Å². The molecule has 0 heterocycles. The molecule has 0 rings (SSSR count). The average Bonchev–Trinajstić information content (AvgIpc) is 2.68. The minimum Gasteiger partial charge on any atom is -0.462 e. The Labute approximate surface area is 198 Å². The zero-order chi connectivity index (χ0) is 23.4. The highest BCUT2D eigenvalue weighted by Gasteiger charge is 2.33. The van der Waals surface area contributed by atoms with E-state index in [0.29, 0.717) is 6.42 Å². The van der Waals surface area contributed by atoms with Gasteiger partial charge in [0.1, 0.15) is 6.10 Å². The van der Waals surface area contributed by atoms with E-state index >= 15 is 0 Å². The Morgan fingerprint density at radius 1 is 0.967 bits per heavy atom. The van der Waals surface area contributed by atoms with Gasteiger partial charge in [0.2, 0.25) is 0 Å². The highest BCUT2D eigenvalue weighted by Crippen LogP contribution is 2.29. The zero-order valence-electron chi connectivity index (χ0n) is 20.4. The first-order chi connectivity index (χ1) is 14.0. The van der Waals surface area contributed by atoms with Crippen molar-refractivity contribution in [1.82, 2.24) is 0 Å². The van der Waals surface area contributed by atoms with Gasteiger partial charge in [0.15, 0.2) is 0 Å². The van der Waals surface area contributed by atoms with Crippen molar-refractivity contribution < 1.29 is 24.1 Å². The molecule has 0 unspecified atom stereocenters. The number of aliphatic hydroxyl groups is 1. The summed E-state index contributed by atoms with van der Waals surface area (Å²) in [6.07, 6.45) is 3.61. The molecule has 0 aliphatic rings. The van der Waals surface area contributed by atoms with Gasteiger partial charge in [0.05, 0.1) is 24.2 Å². The van der Waals surface area contributed by atoms with Crippen LogP contribution < -0.4 is 0 Å². The summed E-state index contributed by atoms with van der Waals surface area (Å²) in [4.78, 5) is 12.4. The minimum atomic E-state index is -0.385. The van der Waals surface area contributed by atoms with E-state index in [0.717, 1.165) is 12.8 Å². The van der Waals surface area contributed by atoms with Gasteiger partial charge < -0.3 is 19.3 Å². The number of methoxy groups -OCH3 is 2. The first-order valence-corrected chi connectivity index (χ1v) is 12.5. The largest absolute Gasteiger partial charge is 0.462 e. The van der Waals surface area contributed by atoms with E-state index in [1.807, 2.05) is 31.8 Å². The molecule has 30 heavy (non-hydrogen) atoms.